The predicted molar refractivity (Wildman–Crippen MR) is 78.5 cm³/mol. The summed E-state index contributed by atoms with van der Waals surface area (Å²) in [6, 6.07) is 5.14. The van der Waals surface area contributed by atoms with Gasteiger partial charge in [0, 0.05) is 16.5 Å². The van der Waals surface area contributed by atoms with Crippen LogP contribution in [-0.2, 0) is 6.42 Å². The van der Waals surface area contributed by atoms with E-state index >= 15 is 0 Å². The summed E-state index contributed by atoms with van der Waals surface area (Å²) in [5.74, 6) is 0.0189. The molecule has 0 aliphatic heterocycles. The maximum atomic E-state index is 11.5. The Hall–Kier alpha value is -0.790. The van der Waals surface area contributed by atoms with Gasteiger partial charge in [0.15, 0.2) is 0 Å². The number of H-pyrrole nitrogens is 1. The molecule has 7 heteroatoms. The first-order valence-corrected chi connectivity index (χ1v) is 6.73. The van der Waals surface area contributed by atoms with Crippen LogP contribution in [0.15, 0.2) is 23.0 Å². The minimum Gasteiger partial charge on any atom is -0.492 e. The molecule has 0 saturated carbocycles. The quantitative estimate of drug-likeness (QED) is 0.767. The number of aromatic hydroxyl groups is 1. The highest BCUT2D eigenvalue weighted by atomic mass is 127. The molecule has 0 aliphatic rings. The Kier molecular flexibility index (Phi) is 4.14. The largest absolute Gasteiger partial charge is 0.492 e. The van der Waals surface area contributed by atoms with E-state index in [2.05, 4.69) is 9.97 Å². The minimum atomic E-state index is -0.388. The molecule has 0 atom stereocenters. The summed E-state index contributed by atoms with van der Waals surface area (Å²) in [5.41, 5.74) is 0.269. The van der Waals surface area contributed by atoms with Gasteiger partial charge in [0.2, 0.25) is 5.88 Å². The Morgan fingerprint density at radius 1 is 1.33 bits per heavy atom. The van der Waals surface area contributed by atoms with Crippen LogP contribution in [0.25, 0.3) is 0 Å². The molecule has 18 heavy (non-hydrogen) atoms. The van der Waals surface area contributed by atoms with Crippen LogP contribution in [0.2, 0.25) is 10.0 Å². The maximum Gasteiger partial charge on any atom is 0.268 e. The van der Waals surface area contributed by atoms with E-state index in [0.29, 0.717) is 21.4 Å². The van der Waals surface area contributed by atoms with E-state index in [1.807, 2.05) is 0 Å². The zero-order valence-electron chi connectivity index (χ0n) is 8.88. The first-order valence-electron chi connectivity index (χ1n) is 4.89. The third kappa shape index (κ3) is 2.78. The van der Waals surface area contributed by atoms with Gasteiger partial charge in [-0.2, -0.15) is 4.98 Å². The van der Waals surface area contributed by atoms with Gasteiger partial charge >= 0.3 is 0 Å². The SMILES string of the molecule is O=c1[nH]c(Cc2c(Cl)cccc2Cl)nc(O)c1I. The van der Waals surface area contributed by atoms with Gasteiger partial charge in [-0.15, -0.1) is 0 Å². The lowest BCUT2D eigenvalue weighted by molar-refractivity contribution is 0.443. The molecular weight excluding hydrogens is 390 g/mol. The second-order valence-electron chi connectivity index (χ2n) is 3.53. The van der Waals surface area contributed by atoms with Crippen molar-refractivity contribution in [2.75, 3.05) is 0 Å². The van der Waals surface area contributed by atoms with E-state index in [9.17, 15) is 9.90 Å². The van der Waals surface area contributed by atoms with Gasteiger partial charge in [-0.05, 0) is 40.3 Å². The van der Waals surface area contributed by atoms with Gasteiger partial charge in [-0.1, -0.05) is 29.3 Å². The second kappa shape index (κ2) is 5.46. The molecule has 0 amide bonds. The number of hydrogen-bond acceptors (Lipinski definition) is 3. The van der Waals surface area contributed by atoms with Crippen LogP contribution in [0.4, 0.5) is 0 Å². The predicted octanol–water partition coefficient (Wildman–Crippen LogP) is 2.98. The summed E-state index contributed by atoms with van der Waals surface area (Å²) in [6.45, 7) is 0. The number of aromatic nitrogens is 2. The third-order valence-corrected chi connectivity index (χ3v) is 3.98. The van der Waals surface area contributed by atoms with Crippen molar-refractivity contribution in [3.8, 4) is 5.88 Å². The molecule has 94 valence electrons. The molecule has 2 N–H and O–H groups in total. The molecule has 2 rings (SSSR count). The fourth-order valence-corrected chi connectivity index (χ4v) is 2.23. The monoisotopic (exact) mass is 396 g/mol. The number of nitrogens with zero attached hydrogens (tertiary/aromatic N) is 1. The van der Waals surface area contributed by atoms with E-state index in [4.69, 9.17) is 23.2 Å². The van der Waals surface area contributed by atoms with Crippen LogP contribution in [-0.4, -0.2) is 15.1 Å². The van der Waals surface area contributed by atoms with Crippen molar-refractivity contribution in [1.29, 1.82) is 0 Å². The highest BCUT2D eigenvalue weighted by molar-refractivity contribution is 14.1. The average molecular weight is 397 g/mol. The highest BCUT2D eigenvalue weighted by Gasteiger charge is 2.11. The molecule has 0 bridgehead atoms. The van der Waals surface area contributed by atoms with Gasteiger partial charge in [0.25, 0.3) is 5.56 Å². The van der Waals surface area contributed by atoms with E-state index in [1.54, 1.807) is 40.8 Å². The standard InChI is InChI=1S/C11H7Cl2IN2O2/c12-6-2-1-3-7(13)5(6)4-8-15-10(17)9(14)11(18)16-8/h1-3H,4H2,(H2,15,16,17,18). The van der Waals surface area contributed by atoms with Crippen LogP contribution < -0.4 is 5.56 Å². The van der Waals surface area contributed by atoms with E-state index in [0.717, 1.165) is 0 Å². The Morgan fingerprint density at radius 3 is 2.50 bits per heavy atom. The molecule has 0 radical (unpaired) electrons. The number of aromatic amines is 1. The topological polar surface area (TPSA) is 66.0 Å². The van der Waals surface area contributed by atoms with Crippen molar-refractivity contribution < 1.29 is 5.11 Å². The molecule has 0 unspecified atom stereocenters. The highest BCUT2D eigenvalue weighted by Crippen LogP contribution is 2.26. The van der Waals surface area contributed by atoms with Crippen LogP contribution in [0.1, 0.15) is 11.4 Å². The first-order chi connectivity index (χ1) is 8.49. The zero-order chi connectivity index (χ0) is 13.3. The summed E-state index contributed by atoms with van der Waals surface area (Å²) in [6.07, 6.45) is 0.248. The summed E-state index contributed by atoms with van der Waals surface area (Å²) in [4.78, 5) is 17.9. The molecule has 1 aromatic heterocycles. The van der Waals surface area contributed by atoms with Crippen molar-refractivity contribution in [3.63, 3.8) is 0 Å². The van der Waals surface area contributed by atoms with Crippen LogP contribution in [0.3, 0.4) is 0 Å². The van der Waals surface area contributed by atoms with Gasteiger partial charge in [-0.3, -0.25) is 4.79 Å². The molecule has 0 aliphatic carbocycles. The fourth-order valence-electron chi connectivity index (χ4n) is 1.44. The number of benzene rings is 1. The number of rotatable bonds is 2. The summed E-state index contributed by atoms with van der Waals surface area (Å²) >= 11 is 13.8. The van der Waals surface area contributed by atoms with E-state index < -0.39 is 0 Å². The molecule has 2 aromatic rings. The lowest BCUT2D eigenvalue weighted by Crippen LogP contribution is -2.14. The van der Waals surface area contributed by atoms with Crippen molar-refractivity contribution >= 4 is 45.8 Å². The van der Waals surface area contributed by atoms with Crippen molar-refractivity contribution in [1.82, 2.24) is 9.97 Å². The molecule has 1 aromatic carbocycles. The Balaban J connectivity index is 2.44. The van der Waals surface area contributed by atoms with Crippen molar-refractivity contribution in [3.05, 3.63) is 53.6 Å². The number of hydrogen-bond donors (Lipinski definition) is 2. The maximum absolute atomic E-state index is 11.5. The normalized spacial score (nSPS) is 10.6. The minimum absolute atomic E-state index is 0.154. The molecule has 0 saturated heterocycles. The molecule has 0 fully saturated rings. The molecule has 4 nitrogen and oxygen atoms in total. The van der Waals surface area contributed by atoms with Gasteiger partial charge in [0.05, 0.1) is 0 Å². The van der Waals surface area contributed by atoms with Crippen LogP contribution >= 0.6 is 45.8 Å². The summed E-state index contributed by atoms with van der Waals surface area (Å²) in [7, 11) is 0. The average Bonchev–Trinajstić information content (AvgIpc) is 2.31. The van der Waals surface area contributed by atoms with Gasteiger partial charge in [-0.25, -0.2) is 0 Å². The van der Waals surface area contributed by atoms with Crippen LogP contribution in [0.5, 0.6) is 5.88 Å². The smallest absolute Gasteiger partial charge is 0.268 e. The van der Waals surface area contributed by atoms with E-state index in [1.165, 1.54) is 0 Å². The van der Waals surface area contributed by atoms with Gasteiger partial charge < -0.3 is 10.1 Å². The van der Waals surface area contributed by atoms with E-state index in [-0.39, 0.29) is 21.4 Å². The molecular formula is C11H7Cl2IN2O2. The Labute approximate surface area is 126 Å². The zero-order valence-corrected chi connectivity index (χ0v) is 12.5. The van der Waals surface area contributed by atoms with Gasteiger partial charge in [0.1, 0.15) is 9.39 Å². The summed E-state index contributed by atoms with van der Waals surface area (Å²) in [5, 5.41) is 10.5. The first kappa shape index (κ1) is 13.6. The third-order valence-electron chi connectivity index (χ3n) is 2.30. The molecule has 1 heterocycles. The number of halogens is 3. The second-order valence-corrected chi connectivity index (χ2v) is 5.42. The fraction of sp³-hybridized carbons (Fsp3) is 0.0909. The Bertz CT molecular complexity index is 638. The van der Waals surface area contributed by atoms with Crippen LogP contribution in [0, 0.1) is 3.57 Å². The lowest BCUT2D eigenvalue weighted by atomic mass is 10.1. The van der Waals surface area contributed by atoms with Crippen molar-refractivity contribution in [2.45, 2.75) is 6.42 Å². The molecule has 0 spiro atoms. The summed E-state index contributed by atoms with van der Waals surface area (Å²) < 4.78 is 0.154. The van der Waals surface area contributed by atoms with Crippen molar-refractivity contribution in [2.24, 2.45) is 0 Å². The number of nitrogens with one attached hydrogen (secondary N) is 1. The Morgan fingerprint density at radius 2 is 1.94 bits per heavy atom. The lowest BCUT2D eigenvalue weighted by Gasteiger charge is -2.06.